The molecule has 2 aliphatic carbocycles. The minimum absolute atomic E-state index is 0.156. The lowest BCUT2D eigenvalue weighted by Gasteiger charge is -2.41. The van der Waals surface area contributed by atoms with Gasteiger partial charge in [0, 0.05) is 12.5 Å². The number of carboxylic acids is 1. The summed E-state index contributed by atoms with van der Waals surface area (Å²) in [6, 6.07) is 0. The Morgan fingerprint density at radius 3 is 2.45 bits per heavy atom. The Labute approximate surface area is 119 Å². The SMILES string of the molecule is O=C(O)CC1(CNC(=O)C2CC23CCNCC3)CCC1. The first-order valence-corrected chi connectivity index (χ1v) is 7.76. The van der Waals surface area contributed by atoms with E-state index in [1.165, 1.54) is 0 Å². The third-order valence-electron chi connectivity index (χ3n) is 5.68. The average molecular weight is 280 g/mol. The molecule has 5 nitrogen and oxygen atoms in total. The lowest BCUT2D eigenvalue weighted by atomic mass is 9.66. The van der Waals surface area contributed by atoms with E-state index in [0.717, 1.165) is 51.6 Å². The number of hydrogen-bond donors (Lipinski definition) is 3. The molecule has 1 atom stereocenters. The number of nitrogens with one attached hydrogen (secondary N) is 2. The molecule has 1 saturated heterocycles. The van der Waals surface area contributed by atoms with Crippen LogP contribution < -0.4 is 10.6 Å². The molecule has 1 aliphatic heterocycles. The number of carboxylic acid groups (broad SMARTS) is 1. The summed E-state index contributed by atoms with van der Waals surface area (Å²) in [4.78, 5) is 23.2. The van der Waals surface area contributed by atoms with Crippen LogP contribution in [-0.2, 0) is 9.59 Å². The highest BCUT2D eigenvalue weighted by atomic mass is 16.4. The van der Waals surface area contributed by atoms with Crippen LogP contribution in [-0.4, -0.2) is 36.6 Å². The summed E-state index contributed by atoms with van der Waals surface area (Å²) >= 11 is 0. The van der Waals surface area contributed by atoms with E-state index in [-0.39, 0.29) is 29.1 Å². The van der Waals surface area contributed by atoms with Gasteiger partial charge >= 0.3 is 5.97 Å². The fraction of sp³-hybridized carbons (Fsp3) is 0.867. The van der Waals surface area contributed by atoms with E-state index in [9.17, 15) is 9.59 Å². The summed E-state index contributed by atoms with van der Waals surface area (Å²) in [7, 11) is 0. The zero-order chi connectivity index (χ0) is 14.2. The van der Waals surface area contributed by atoms with Crippen molar-refractivity contribution in [1.29, 1.82) is 0 Å². The second kappa shape index (κ2) is 5.02. The third-order valence-corrected chi connectivity index (χ3v) is 5.68. The van der Waals surface area contributed by atoms with E-state index in [2.05, 4.69) is 10.6 Å². The van der Waals surface area contributed by atoms with Crippen LogP contribution in [0.1, 0.15) is 44.9 Å². The van der Waals surface area contributed by atoms with E-state index in [4.69, 9.17) is 5.11 Å². The van der Waals surface area contributed by atoms with Crippen molar-refractivity contribution in [2.45, 2.75) is 44.9 Å². The summed E-state index contributed by atoms with van der Waals surface area (Å²) in [5, 5.41) is 15.4. The van der Waals surface area contributed by atoms with Crippen LogP contribution >= 0.6 is 0 Å². The molecule has 20 heavy (non-hydrogen) atoms. The highest BCUT2D eigenvalue weighted by Gasteiger charge is 2.57. The molecule has 0 aromatic heterocycles. The predicted molar refractivity (Wildman–Crippen MR) is 74.2 cm³/mol. The van der Waals surface area contributed by atoms with E-state index in [0.29, 0.717) is 6.54 Å². The van der Waals surface area contributed by atoms with E-state index < -0.39 is 5.97 Å². The maximum absolute atomic E-state index is 12.3. The Morgan fingerprint density at radius 1 is 1.20 bits per heavy atom. The normalized spacial score (nSPS) is 29.5. The van der Waals surface area contributed by atoms with Gasteiger partial charge in [0.2, 0.25) is 5.91 Å². The maximum Gasteiger partial charge on any atom is 0.303 e. The van der Waals surface area contributed by atoms with Crippen molar-refractivity contribution >= 4 is 11.9 Å². The monoisotopic (exact) mass is 280 g/mol. The van der Waals surface area contributed by atoms with Crippen molar-refractivity contribution in [2.24, 2.45) is 16.7 Å². The first-order chi connectivity index (χ1) is 9.55. The van der Waals surface area contributed by atoms with Crippen molar-refractivity contribution in [3.63, 3.8) is 0 Å². The molecule has 1 heterocycles. The molecule has 0 radical (unpaired) electrons. The van der Waals surface area contributed by atoms with Gasteiger partial charge in [-0.05, 0) is 56.0 Å². The van der Waals surface area contributed by atoms with E-state index in [1.54, 1.807) is 0 Å². The Hall–Kier alpha value is -1.10. The fourth-order valence-electron chi connectivity index (χ4n) is 4.01. The molecule has 5 heteroatoms. The van der Waals surface area contributed by atoms with E-state index in [1.807, 2.05) is 0 Å². The Balaban J connectivity index is 1.49. The van der Waals surface area contributed by atoms with Crippen molar-refractivity contribution in [3.8, 4) is 0 Å². The standard InChI is InChI=1S/C15H24N2O3/c18-12(19)9-14(2-1-3-14)10-17-13(20)11-8-15(11)4-6-16-7-5-15/h11,16H,1-10H2,(H,17,20)(H,18,19). The Morgan fingerprint density at radius 2 is 1.90 bits per heavy atom. The summed E-state index contributed by atoms with van der Waals surface area (Å²) < 4.78 is 0. The first-order valence-electron chi connectivity index (χ1n) is 7.76. The van der Waals surface area contributed by atoms with Crippen molar-refractivity contribution < 1.29 is 14.7 Å². The molecule has 0 bridgehead atoms. The van der Waals surface area contributed by atoms with Gasteiger partial charge < -0.3 is 15.7 Å². The van der Waals surface area contributed by atoms with Gasteiger partial charge in [0.15, 0.2) is 0 Å². The zero-order valence-electron chi connectivity index (χ0n) is 11.9. The highest BCUT2D eigenvalue weighted by Crippen LogP contribution is 2.58. The molecule has 3 rings (SSSR count). The fourth-order valence-corrected chi connectivity index (χ4v) is 4.01. The molecule has 2 saturated carbocycles. The summed E-state index contributed by atoms with van der Waals surface area (Å²) in [6.45, 7) is 2.59. The number of piperidine rings is 1. The first kappa shape index (κ1) is 13.9. The molecular formula is C15H24N2O3. The summed E-state index contributed by atoms with van der Waals surface area (Å²) in [5.41, 5.74) is 0.0899. The maximum atomic E-state index is 12.3. The topological polar surface area (TPSA) is 78.4 Å². The van der Waals surface area contributed by atoms with Gasteiger partial charge in [-0.25, -0.2) is 0 Å². The van der Waals surface area contributed by atoms with Crippen molar-refractivity contribution in [2.75, 3.05) is 19.6 Å². The van der Waals surface area contributed by atoms with Gasteiger partial charge in [0.05, 0.1) is 6.42 Å². The molecule has 1 spiro atoms. The molecule has 1 amide bonds. The van der Waals surface area contributed by atoms with Crippen LogP contribution in [0.5, 0.6) is 0 Å². The van der Waals surface area contributed by atoms with Crippen LogP contribution in [0.15, 0.2) is 0 Å². The molecule has 0 aromatic carbocycles. The van der Waals surface area contributed by atoms with Gasteiger partial charge in [-0.15, -0.1) is 0 Å². The largest absolute Gasteiger partial charge is 0.481 e. The summed E-state index contributed by atoms with van der Waals surface area (Å²) in [6.07, 6.45) is 6.36. The van der Waals surface area contributed by atoms with E-state index >= 15 is 0 Å². The van der Waals surface area contributed by atoms with Crippen molar-refractivity contribution in [3.05, 3.63) is 0 Å². The molecule has 3 aliphatic rings. The van der Waals surface area contributed by atoms with Gasteiger partial charge in [0.25, 0.3) is 0 Å². The Kier molecular flexibility index (Phi) is 3.48. The zero-order valence-corrected chi connectivity index (χ0v) is 11.9. The quantitative estimate of drug-likeness (QED) is 0.705. The Bertz CT molecular complexity index is 411. The smallest absolute Gasteiger partial charge is 0.303 e. The molecule has 1 unspecified atom stereocenters. The highest BCUT2D eigenvalue weighted by molar-refractivity contribution is 5.82. The van der Waals surface area contributed by atoms with Crippen LogP contribution in [0.4, 0.5) is 0 Å². The second-order valence-corrected chi connectivity index (χ2v) is 7.01. The van der Waals surface area contributed by atoms with Gasteiger partial charge in [-0.1, -0.05) is 6.42 Å². The number of amides is 1. The number of rotatable bonds is 5. The lowest BCUT2D eigenvalue weighted by molar-refractivity contribution is -0.142. The molecule has 112 valence electrons. The number of carbonyl (C=O) groups excluding carboxylic acids is 1. The summed E-state index contributed by atoms with van der Waals surface area (Å²) in [5.74, 6) is -0.421. The van der Waals surface area contributed by atoms with Crippen LogP contribution in [0.25, 0.3) is 0 Å². The van der Waals surface area contributed by atoms with Crippen LogP contribution in [0, 0.1) is 16.7 Å². The molecule has 3 N–H and O–H groups in total. The average Bonchev–Trinajstić information content (AvgIpc) is 3.06. The number of aliphatic carboxylic acids is 1. The van der Waals surface area contributed by atoms with Crippen LogP contribution in [0.2, 0.25) is 0 Å². The second-order valence-electron chi connectivity index (χ2n) is 7.01. The minimum atomic E-state index is -0.750. The molecule has 0 aromatic rings. The van der Waals surface area contributed by atoms with Crippen LogP contribution in [0.3, 0.4) is 0 Å². The molecular weight excluding hydrogens is 256 g/mol. The lowest BCUT2D eigenvalue weighted by Crippen LogP contribution is -2.44. The molecule has 3 fully saturated rings. The van der Waals surface area contributed by atoms with Gasteiger partial charge in [-0.2, -0.15) is 0 Å². The number of hydrogen-bond acceptors (Lipinski definition) is 3. The number of carbonyl (C=O) groups is 2. The van der Waals surface area contributed by atoms with Crippen molar-refractivity contribution in [1.82, 2.24) is 10.6 Å². The third kappa shape index (κ3) is 2.55. The predicted octanol–water partition coefficient (Wildman–Crippen LogP) is 1.14. The van der Waals surface area contributed by atoms with Gasteiger partial charge in [0.1, 0.15) is 0 Å². The van der Waals surface area contributed by atoms with Gasteiger partial charge in [-0.3, -0.25) is 9.59 Å². The minimum Gasteiger partial charge on any atom is -0.481 e.